The number of ether oxygens (including phenoxy) is 1. The zero-order valence-corrected chi connectivity index (χ0v) is 11.3. The minimum Gasteiger partial charge on any atom is -0.370 e. The Morgan fingerprint density at radius 3 is 2.95 bits per heavy atom. The van der Waals surface area contributed by atoms with Crippen molar-refractivity contribution in [2.24, 2.45) is 0 Å². The topological polar surface area (TPSA) is 41.6 Å². The normalized spacial score (nSPS) is 22.9. The molecule has 0 aromatic heterocycles. The summed E-state index contributed by atoms with van der Waals surface area (Å²) in [5, 5.41) is 3.21. The van der Waals surface area contributed by atoms with E-state index >= 15 is 0 Å². The number of benzene rings is 1. The Kier molecular flexibility index (Phi) is 3.98. The van der Waals surface area contributed by atoms with Gasteiger partial charge in [-0.05, 0) is 18.9 Å². The van der Waals surface area contributed by atoms with Crippen LogP contribution in [0.25, 0.3) is 0 Å². The first kappa shape index (κ1) is 13.5. The third-order valence-corrected chi connectivity index (χ3v) is 3.79. The summed E-state index contributed by atoms with van der Waals surface area (Å²) in [5.41, 5.74) is 0.528. The predicted octanol–water partition coefficient (Wildman–Crippen LogP) is 1.48. The number of carbonyl (C=O) groups excluding carboxylic acids is 1. The second-order valence-corrected chi connectivity index (χ2v) is 5.38. The first-order chi connectivity index (χ1) is 9.74. The molecule has 0 radical (unpaired) electrons. The number of hydrogen-bond donors (Lipinski definition) is 1. The van der Waals surface area contributed by atoms with E-state index in [0.717, 1.165) is 12.8 Å². The number of carbonyl (C=O) groups is 1. The van der Waals surface area contributed by atoms with E-state index in [9.17, 15) is 9.18 Å². The molecule has 5 heteroatoms. The Balaban J connectivity index is 1.60. The highest BCUT2D eigenvalue weighted by atomic mass is 19.1. The lowest BCUT2D eigenvalue weighted by molar-refractivity contribution is -0.138. The van der Waals surface area contributed by atoms with Crippen molar-refractivity contribution >= 4 is 5.91 Å². The van der Waals surface area contributed by atoms with Crippen molar-refractivity contribution in [3.8, 4) is 0 Å². The van der Waals surface area contributed by atoms with Crippen LogP contribution < -0.4 is 5.32 Å². The number of rotatable bonds is 4. The predicted molar refractivity (Wildman–Crippen MR) is 72.7 cm³/mol. The molecule has 1 aliphatic carbocycles. The quantitative estimate of drug-likeness (QED) is 0.907. The highest BCUT2D eigenvalue weighted by Crippen LogP contribution is 2.24. The monoisotopic (exact) mass is 278 g/mol. The van der Waals surface area contributed by atoms with E-state index in [1.807, 2.05) is 0 Å². The van der Waals surface area contributed by atoms with Gasteiger partial charge >= 0.3 is 0 Å². The molecule has 0 spiro atoms. The largest absolute Gasteiger partial charge is 0.370 e. The van der Waals surface area contributed by atoms with Gasteiger partial charge in [0.15, 0.2) is 0 Å². The molecule has 1 N–H and O–H groups in total. The van der Waals surface area contributed by atoms with Crippen molar-refractivity contribution in [2.75, 3.05) is 26.2 Å². The fraction of sp³-hybridized carbons (Fsp3) is 0.533. The first-order valence-electron chi connectivity index (χ1n) is 7.11. The maximum Gasteiger partial charge on any atom is 0.236 e. The lowest BCUT2D eigenvalue weighted by Crippen LogP contribution is -2.46. The van der Waals surface area contributed by atoms with E-state index in [1.165, 1.54) is 6.07 Å². The van der Waals surface area contributed by atoms with Gasteiger partial charge < -0.3 is 15.0 Å². The SMILES string of the molecule is O=C(CNC1CC1)N1CCO[C@H](c2ccccc2F)C1. The van der Waals surface area contributed by atoms with E-state index in [-0.39, 0.29) is 17.8 Å². The fourth-order valence-corrected chi connectivity index (χ4v) is 2.43. The molecule has 108 valence electrons. The fourth-order valence-electron chi connectivity index (χ4n) is 2.43. The molecule has 1 atom stereocenters. The number of amides is 1. The van der Waals surface area contributed by atoms with E-state index in [0.29, 0.717) is 37.8 Å². The van der Waals surface area contributed by atoms with E-state index < -0.39 is 0 Å². The summed E-state index contributed by atoms with van der Waals surface area (Å²) in [6.45, 7) is 1.82. The zero-order chi connectivity index (χ0) is 13.9. The number of hydrogen-bond acceptors (Lipinski definition) is 3. The standard InChI is InChI=1S/C15H19FN2O2/c16-13-4-2-1-3-12(13)14-10-18(7-8-20-14)15(19)9-17-11-5-6-11/h1-4,11,14,17H,5-10H2/t14-/m0/s1. The minimum atomic E-state index is -0.366. The summed E-state index contributed by atoms with van der Waals surface area (Å²) >= 11 is 0. The molecule has 3 rings (SSSR count). The van der Waals surface area contributed by atoms with Gasteiger partial charge in [0.05, 0.1) is 19.7 Å². The first-order valence-corrected chi connectivity index (χ1v) is 7.11. The molecule has 2 aliphatic rings. The van der Waals surface area contributed by atoms with Gasteiger partial charge in [-0.15, -0.1) is 0 Å². The number of nitrogens with one attached hydrogen (secondary N) is 1. The zero-order valence-electron chi connectivity index (χ0n) is 11.3. The summed E-state index contributed by atoms with van der Waals surface area (Å²) in [4.78, 5) is 13.9. The van der Waals surface area contributed by atoms with Crippen molar-refractivity contribution < 1.29 is 13.9 Å². The molecule has 4 nitrogen and oxygen atoms in total. The van der Waals surface area contributed by atoms with Gasteiger partial charge in [-0.1, -0.05) is 18.2 Å². The molecule has 0 bridgehead atoms. The van der Waals surface area contributed by atoms with Crippen LogP contribution in [0, 0.1) is 5.82 Å². The molecule has 1 saturated carbocycles. The Bertz CT molecular complexity index is 491. The maximum absolute atomic E-state index is 13.8. The van der Waals surface area contributed by atoms with Crippen molar-refractivity contribution in [1.82, 2.24) is 10.2 Å². The van der Waals surface area contributed by atoms with Gasteiger partial charge in [-0.2, -0.15) is 0 Å². The maximum atomic E-state index is 13.8. The summed E-state index contributed by atoms with van der Waals surface area (Å²) < 4.78 is 19.4. The van der Waals surface area contributed by atoms with Gasteiger partial charge in [0.25, 0.3) is 0 Å². The van der Waals surface area contributed by atoms with Crippen LogP contribution in [0.15, 0.2) is 24.3 Å². The summed E-state index contributed by atoms with van der Waals surface area (Å²) in [6.07, 6.45) is 1.96. The van der Waals surface area contributed by atoms with Gasteiger partial charge in [-0.3, -0.25) is 4.79 Å². The Labute approximate surface area is 117 Å². The van der Waals surface area contributed by atoms with Crippen LogP contribution in [0.4, 0.5) is 4.39 Å². The van der Waals surface area contributed by atoms with Crippen LogP contribution in [-0.4, -0.2) is 43.1 Å². The summed E-state index contributed by atoms with van der Waals surface area (Å²) in [6, 6.07) is 7.11. The highest BCUT2D eigenvalue weighted by Gasteiger charge is 2.28. The summed E-state index contributed by atoms with van der Waals surface area (Å²) in [7, 11) is 0. The molecule has 1 aliphatic heterocycles. The van der Waals surface area contributed by atoms with Crippen LogP contribution >= 0.6 is 0 Å². The molecule has 1 saturated heterocycles. The van der Waals surface area contributed by atoms with Crippen molar-refractivity contribution in [1.29, 1.82) is 0 Å². The van der Waals surface area contributed by atoms with Crippen molar-refractivity contribution in [3.05, 3.63) is 35.6 Å². The molecule has 1 amide bonds. The van der Waals surface area contributed by atoms with Gasteiger partial charge in [0.2, 0.25) is 5.91 Å². The second-order valence-electron chi connectivity index (χ2n) is 5.38. The van der Waals surface area contributed by atoms with Crippen LogP contribution in [0.1, 0.15) is 24.5 Å². The molecule has 1 aromatic rings. The van der Waals surface area contributed by atoms with Gasteiger partial charge in [0.1, 0.15) is 11.9 Å². The van der Waals surface area contributed by atoms with Crippen LogP contribution in [0.5, 0.6) is 0 Å². The molecule has 20 heavy (non-hydrogen) atoms. The lowest BCUT2D eigenvalue weighted by atomic mass is 10.1. The second kappa shape index (κ2) is 5.89. The van der Waals surface area contributed by atoms with E-state index in [4.69, 9.17) is 4.74 Å². The molecular weight excluding hydrogens is 259 g/mol. The van der Waals surface area contributed by atoms with Crippen LogP contribution in [-0.2, 0) is 9.53 Å². The number of nitrogens with zero attached hydrogens (tertiary/aromatic N) is 1. The van der Waals surface area contributed by atoms with Crippen LogP contribution in [0.3, 0.4) is 0 Å². The van der Waals surface area contributed by atoms with Gasteiger partial charge in [0, 0.05) is 18.2 Å². The average molecular weight is 278 g/mol. The number of halogens is 1. The average Bonchev–Trinajstić information content (AvgIpc) is 3.29. The highest BCUT2D eigenvalue weighted by molar-refractivity contribution is 5.78. The molecule has 1 aromatic carbocycles. The number of morpholine rings is 1. The summed E-state index contributed by atoms with van der Waals surface area (Å²) in [5.74, 6) is -0.204. The molecule has 2 fully saturated rings. The minimum absolute atomic E-state index is 0.0709. The van der Waals surface area contributed by atoms with E-state index in [2.05, 4.69) is 5.32 Å². The Morgan fingerprint density at radius 2 is 2.20 bits per heavy atom. The van der Waals surface area contributed by atoms with Crippen LogP contribution in [0.2, 0.25) is 0 Å². The van der Waals surface area contributed by atoms with Gasteiger partial charge in [-0.25, -0.2) is 4.39 Å². The lowest BCUT2D eigenvalue weighted by Gasteiger charge is -2.33. The third-order valence-electron chi connectivity index (χ3n) is 3.79. The molecule has 1 heterocycles. The molecular formula is C15H19FN2O2. The molecule has 0 unspecified atom stereocenters. The van der Waals surface area contributed by atoms with Crippen molar-refractivity contribution in [2.45, 2.75) is 25.0 Å². The van der Waals surface area contributed by atoms with E-state index in [1.54, 1.807) is 23.1 Å². The smallest absolute Gasteiger partial charge is 0.236 e. The Morgan fingerprint density at radius 1 is 1.40 bits per heavy atom. The Hall–Kier alpha value is -1.46. The third kappa shape index (κ3) is 3.16. The van der Waals surface area contributed by atoms with Crippen molar-refractivity contribution in [3.63, 3.8) is 0 Å².